The summed E-state index contributed by atoms with van der Waals surface area (Å²) >= 11 is 0. The van der Waals surface area contributed by atoms with Crippen LogP contribution in [0.3, 0.4) is 0 Å². The van der Waals surface area contributed by atoms with Gasteiger partial charge in [0.05, 0.1) is 12.6 Å². The van der Waals surface area contributed by atoms with E-state index in [1.807, 2.05) is 42.8 Å². The van der Waals surface area contributed by atoms with Crippen molar-refractivity contribution in [2.24, 2.45) is 0 Å². The zero-order valence-corrected chi connectivity index (χ0v) is 11.8. The molecule has 0 aliphatic rings. The van der Waals surface area contributed by atoms with Gasteiger partial charge in [-0.25, -0.2) is 9.67 Å². The van der Waals surface area contributed by atoms with Crippen molar-refractivity contribution in [1.82, 2.24) is 14.8 Å². The Morgan fingerprint density at radius 3 is 2.42 bits per heavy atom. The van der Waals surface area contributed by atoms with E-state index in [2.05, 4.69) is 17.0 Å². The molecule has 1 aromatic heterocycles. The van der Waals surface area contributed by atoms with E-state index >= 15 is 0 Å². The van der Waals surface area contributed by atoms with Crippen molar-refractivity contribution in [3.05, 3.63) is 47.0 Å². The summed E-state index contributed by atoms with van der Waals surface area (Å²) in [6, 6.07) is 7.95. The fourth-order valence-electron chi connectivity index (χ4n) is 2.04. The smallest absolute Gasteiger partial charge is 0.150 e. The third-order valence-corrected chi connectivity index (χ3v) is 3.23. The van der Waals surface area contributed by atoms with Crippen LogP contribution in [0.4, 0.5) is 0 Å². The Morgan fingerprint density at radius 2 is 1.84 bits per heavy atom. The van der Waals surface area contributed by atoms with Crippen molar-refractivity contribution in [3.8, 4) is 0 Å². The first-order chi connectivity index (χ1) is 9.13. The van der Waals surface area contributed by atoms with Crippen molar-refractivity contribution >= 4 is 0 Å². The lowest BCUT2D eigenvalue weighted by atomic mass is 10.1. The van der Waals surface area contributed by atoms with Gasteiger partial charge < -0.3 is 5.11 Å². The quantitative estimate of drug-likeness (QED) is 0.897. The number of aromatic nitrogens is 3. The molecule has 0 saturated heterocycles. The number of rotatable bonds is 5. The van der Waals surface area contributed by atoms with Gasteiger partial charge >= 0.3 is 0 Å². The van der Waals surface area contributed by atoms with E-state index in [4.69, 9.17) is 0 Å². The fourth-order valence-corrected chi connectivity index (χ4v) is 2.04. The van der Waals surface area contributed by atoms with Crippen LogP contribution < -0.4 is 0 Å². The fraction of sp³-hybridized carbons (Fsp3) is 0.467. The highest BCUT2D eigenvalue weighted by Gasteiger charge is 2.13. The number of benzene rings is 1. The topological polar surface area (TPSA) is 50.9 Å². The molecule has 1 unspecified atom stereocenters. The van der Waals surface area contributed by atoms with E-state index in [1.165, 1.54) is 5.56 Å². The van der Waals surface area contributed by atoms with Crippen molar-refractivity contribution in [2.45, 2.75) is 46.3 Å². The molecule has 0 aliphatic heterocycles. The Bertz CT molecular complexity index is 531. The van der Waals surface area contributed by atoms with Crippen LogP contribution in [-0.2, 0) is 19.4 Å². The maximum absolute atomic E-state index is 10.3. The average Bonchev–Trinajstić information content (AvgIpc) is 2.81. The Labute approximate surface area is 114 Å². The molecule has 2 rings (SSSR count). The lowest BCUT2D eigenvalue weighted by Gasteiger charge is -2.12. The van der Waals surface area contributed by atoms with E-state index in [0.29, 0.717) is 6.54 Å². The number of hydrogen-bond acceptors (Lipinski definition) is 3. The maximum atomic E-state index is 10.3. The molecule has 0 aliphatic carbocycles. The molecule has 19 heavy (non-hydrogen) atoms. The van der Waals surface area contributed by atoms with Crippen LogP contribution in [0.15, 0.2) is 24.3 Å². The summed E-state index contributed by atoms with van der Waals surface area (Å²) < 4.78 is 1.82. The largest absolute Gasteiger partial charge is 0.386 e. The summed E-state index contributed by atoms with van der Waals surface area (Å²) in [5.41, 5.74) is 2.11. The van der Waals surface area contributed by atoms with E-state index in [1.54, 1.807) is 0 Å². The number of aliphatic hydroxyl groups excluding tert-OH is 1. The van der Waals surface area contributed by atoms with Crippen molar-refractivity contribution in [1.29, 1.82) is 0 Å². The summed E-state index contributed by atoms with van der Waals surface area (Å²) in [6.07, 6.45) is 1.10. The zero-order valence-electron chi connectivity index (χ0n) is 11.8. The Balaban J connectivity index is 2.15. The van der Waals surface area contributed by atoms with Crippen LogP contribution in [0, 0.1) is 6.92 Å². The number of hydrogen-bond donors (Lipinski definition) is 1. The molecular weight excluding hydrogens is 238 g/mol. The van der Waals surface area contributed by atoms with E-state index in [0.717, 1.165) is 30.1 Å². The van der Waals surface area contributed by atoms with E-state index in [9.17, 15) is 5.11 Å². The van der Waals surface area contributed by atoms with E-state index < -0.39 is 6.10 Å². The molecular formula is C15H21N3O. The Morgan fingerprint density at radius 1 is 1.16 bits per heavy atom. The minimum absolute atomic E-state index is 0.458. The molecule has 0 fully saturated rings. The predicted molar refractivity (Wildman–Crippen MR) is 74.9 cm³/mol. The van der Waals surface area contributed by atoms with Crippen LogP contribution >= 0.6 is 0 Å². The van der Waals surface area contributed by atoms with Gasteiger partial charge in [0.1, 0.15) is 5.82 Å². The van der Waals surface area contributed by atoms with Gasteiger partial charge in [0.25, 0.3) is 0 Å². The Kier molecular flexibility index (Phi) is 4.32. The predicted octanol–water partition coefficient (Wildman–Crippen LogP) is 2.44. The normalized spacial score (nSPS) is 12.6. The van der Waals surface area contributed by atoms with Gasteiger partial charge in [-0.1, -0.05) is 43.7 Å². The van der Waals surface area contributed by atoms with Crippen molar-refractivity contribution in [3.63, 3.8) is 0 Å². The number of aryl methyl sites for hydroxylation is 3. The van der Waals surface area contributed by atoms with Crippen LogP contribution in [0.25, 0.3) is 0 Å². The van der Waals surface area contributed by atoms with Gasteiger partial charge in [-0.2, -0.15) is 5.10 Å². The molecule has 1 heterocycles. The third-order valence-electron chi connectivity index (χ3n) is 3.23. The molecule has 1 atom stereocenters. The van der Waals surface area contributed by atoms with Crippen LogP contribution in [0.1, 0.15) is 42.7 Å². The lowest BCUT2D eigenvalue weighted by Crippen LogP contribution is -2.12. The molecule has 0 spiro atoms. The van der Waals surface area contributed by atoms with Gasteiger partial charge in [-0.15, -0.1) is 0 Å². The second kappa shape index (κ2) is 5.97. The number of aliphatic hydroxyl groups is 1. The first-order valence-electron chi connectivity index (χ1n) is 6.81. The molecule has 0 amide bonds. The lowest BCUT2D eigenvalue weighted by molar-refractivity contribution is 0.150. The van der Waals surface area contributed by atoms with Crippen LogP contribution in [-0.4, -0.2) is 19.9 Å². The molecule has 0 saturated carbocycles. The second-order valence-electron chi connectivity index (χ2n) is 4.76. The molecule has 0 bridgehead atoms. The summed E-state index contributed by atoms with van der Waals surface area (Å²) in [7, 11) is 0. The highest BCUT2D eigenvalue weighted by atomic mass is 16.3. The first kappa shape index (κ1) is 13.7. The molecule has 102 valence electrons. The minimum atomic E-state index is -0.544. The highest BCUT2D eigenvalue weighted by molar-refractivity contribution is 5.23. The second-order valence-corrected chi connectivity index (χ2v) is 4.76. The summed E-state index contributed by atoms with van der Waals surface area (Å²) in [4.78, 5) is 4.45. The van der Waals surface area contributed by atoms with Gasteiger partial charge in [-0.05, 0) is 12.5 Å². The first-order valence-corrected chi connectivity index (χ1v) is 6.81. The van der Waals surface area contributed by atoms with Crippen molar-refractivity contribution in [2.75, 3.05) is 0 Å². The zero-order chi connectivity index (χ0) is 13.8. The standard InChI is InChI=1S/C15H21N3O/c1-4-14-16-15(5-2)18(17-14)10-13(19)12-8-6-11(3)7-9-12/h6-9,13,19H,4-5,10H2,1-3H3. The molecule has 4 nitrogen and oxygen atoms in total. The van der Waals surface area contributed by atoms with Crippen LogP contribution in [0.2, 0.25) is 0 Å². The molecule has 0 radical (unpaired) electrons. The average molecular weight is 259 g/mol. The van der Waals surface area contributed by atoms with Crippen LogP contribution in [0.5, 0.6) is 0 Å². The summed E-state index contributed by atoms with van der Waals surface area (Å²) in [6.45, 7) is 6.59. The Hall–Kier alpha value is -1.68. The van der Waals surface area contributed by atoms with Gasteiger partial charge in [0.2, 0.25) is 0 Å². The van der Waals surface area contributed by atoms with Gasteiger partial charge in [0, 0.05) is 12.8 Å². The van der Waals surface area contributed by atoms with Gasteiger partial charge in [0.15, 0.2) is 5.82 Å². The number of nitrogens with zero attached hydrogens (tertiary/aromatic N) is 3. The SMILES string of the molecule is CCc1nc(CC)n(CC(O)c2ccc(C)cc2)n1. The highest BCUT2D eigenvalue weighted by Crippen LogP contribution is 2.16. The maximum Gasteiger partial charge on any atom is 0.150 e. The summed E-state index contributed by atoms with van der Waals surface area (Å²) in [5.74, 6) is 1.77. The minimum Gasteiger partial charge on any atom is -0.386 e. The molecule has 2 aromatic rings. The molecule has 4 heteroatoms. The third kappa shape index (κ3) is 3.20. The summed E-state index contributed by atoms with van der Waals surface area (Å²) in [5, 5.41) is 14.7. The molecule has 1 aromatic carbocycles. The van der Waals surface area contributed by atoms with Gasteiger partial charge in [-0.3, -0.25) is 0 Å². The monoisotopic (exact) mass is 259 g/mol. The van der Waals surface area contributed by atoms with E-state index in [-0.39, 0.29) is 0 Å². The van der Waals surface area contributed by atoms with Crippen molar-refractivity contribution < 1.29 is 5.11 Å². The molecule has 1 N–H and O–H groups in total.